The molecule has 30 heavy (non-hydrogen) atoms. The number of carbonyl (C=O) groups excluding carboxylic acids is 2. The Balaban J connectivity index is 1.74. The molecule has 0 saturated carbocycles. The molecule has 0 saturated heterocycles. The number of fused-ring (bicyclic) bond motifs is 1. The Morgan fingerprint density at radius 3 is 2.37 bits per heavy atom. The van der Waals surface area contributed by atoms with Crippen LogP contribution in [0.5, 0.6) is 0 Å². The number of carbonyl (C=O) groups is 2. The number of hydrogen-bond donors (Lipinski definition) is 1. The fourth-order valence-corrected chi connectivity index (χ4v) is 4.06. The van der Waals surface area contributed by atoms with Crippen LogP contribution in [0.4, 0.5) is 5.69 Å². The minimum absolute atomic E-state index is 0.0224. The standard InChI is InChI=1S/C21H20N2O6S/c1-13-10-21(26)29-19-11-16(6-9-18(13)19)22-20(25)12-23(3)30(27,28)17-7-4-15(5-8-17)14(2)24/h4-11H,12H2,1-3H3,(H,22,25). The van der Waals surface area contributed by atoms with E-state index in [1.54, 1.807) is 19.1 Å². The van der Waals surface area contributed by atoms with Crippen LogP contribution in [0, 0.1) is 6.92 Å². The summed E-state index contributed by atoms with van der Waals surface area (Å²) in [7, 11) is -2.63. The summed E-state index contributed by atoms with van der Waals surface area (Å²) >= 11 is 0. The Morgan fingerprint density at radius 2 is 1.73 bits per heavy atom. The maximum absolute atomic E-state index is 12.7. The zero-order chi connectivity index (χ0) is 22.1. The van der Waals surface area contributed by atoms with Gasteiger partial charge < -0.3 is 9.73 Å². The molecule has 0 aliphatic rings. The number of nitrogens with one attached hydrogen (secondary N) is 1. The first-order valence-corrected chi connectivity index (χ1v) is 10.4. The number of likely N-dealkylation sites (N-methyl/N-ethyl adjacent to an activating group) is 1. The summed E-state index contributed by atoms with van der Waals surface area (Å²) in [6.45, 7) is 2.74. The van der Waals surface area contributed by atoms with Crippen LogP contribution in [-0.2, 0) is 14.8 Å². The smallest absolute Gasteiger partial charge is 0.336 e. The second-order valence-electron chi connectivity index (χ2n) is 6.85. The van der Waals surface area contributed by atoms with Crippen LogP contribution in [0.15, 0.2) is 62.6 Å². The number of rotatable bonds is 6. The Kier molecular flexibility index (Phi) is 5.86. The van der Waals surface area contributed by atoms with Crippen LogP contribution in [0.3, 0.4) is 0 Å². The molecule has 0 aliphatic carbocycles. The van der Waals surface area contributed by atoms with Gasteiger partial charge in [-0.3, -0.25) is 9.59 Å². The topological polar surface area (TPSA) is 114 Å². The molecule has 0 bridgehead atoms. The van der Waals surface area contributed by atoms with E-state index in [1.807, 2.05) is 0 Å². The quantitative estimate of drug-likeness (QED) is 0.477. The number of aryl methyl sites for hydroxylation is 1. The van der Waals surface area contributed by atoms with Crippen molar-refractivity contribution in [1.29, 1.82) is 0 Å². The predicted octanol–water partition coefficient (Wildman–Crippen LogP) is 2.56. The van der Waals surface area contributed by atoms with E-state index in [9.17, 15) is 22.8 Å². The molecule has 0 aliphatic heterocycles. The molecule has 9 heteroatoms. The van der Waals surface area contributed by atoms with Crippen molar-refractivity contribution in [2.45, 2.75) is 18.7 Å². The van der Waals surface area contributed by atoms with Crippen molar-refractivity contribution in [2.24, 2.45) is 0 Å². The SMILES string of the molecule is CC(=O)c1ccc(S(=O)(=O)N(C)CC(=O)Nc2ccc3c(C)cc(=O)oc3c2)cc1. The van der Waals surface area contributed by atoms with Gasteiger partial charge in [0.1, 0.15) is 5.58 Å². The number of nitrogens with zero attached hydrogens (tertiary/aromatic N) is 1. The fraction of sp³-hybridized carbons (Fsp3) is 0.190. The van der Waals surface area contributed by atoms with E-state index in [1.165, 1.54) is 50.4 Å². The highest BCUT2D eigenvalue weighted by Crippen LogP contribution is 2.21. The summed E-state index contributed by atoms with van der Waals surface area (Å²) in [6, 6.07) is 11.7. The lowest BCUT2D eigenvalue weighted by Crippen LogP contribution is -2.35. The third-order valence-electron chi connectivity index (χ3n) is 4.57. The van der Waals surface area contributed by atoms with Crippen LogP contribution in [0.2, 0.25) is 0 Å². The Labute approximate surface area is 173 Å². The van der Waals surface area contributed by atoms with Gasteiger partial charge in [0, 0.05) is 35.8 Å². The predicted molar refractivity (Wildman–Crippen MR) is 112 cm³/mol. The van der Waals surface area contributed by atoms with Crippen molar-refractivity contribution < 1.29 is 22.4 Å². The van der Waals surface area contributed by atoms with Crippen LogP contribution in [0.1, 0.15) is 22.8 Å². The first-order chi connectivity index (χ1) is 14.1. The largest absolute Gasteiger partial charge is 0.423 e. The summed E-state index contributed by atoms with van der Waals surface area (Å²) in [5.41, 5.74) is 1.35. The highest BCUT2D eigenvalue weighted by Gasteiger charge is 2.23. The molecule has 3 aromatic rings. The third-order valence-corrected chi connectivity index (χ3v) is 6.39. The van der Waals surface area contributed by atoms with Gasteiger partial charge in [-0.2, -0.15) is 4.31 Å². The van der Waals surface area contributed by atoms with Crippen LogP contribution in [0.25, 0.3) is 11.0 Å². The molecule has 0 fully saturated rings. The molecule has 0 radical (unpaired) electrons. The molecule has 0 atom stereocenters. The van der Waals surface area contributed by atoms with E-state index in [4.69, 9.17) is 4.42 Å². The van der Waals surface area contributed by atoms with E-state index in [2.05, 4.69) is 5.32 Å². The summed E-state index contributed by atoms with van der Waals surface area (Å²) in [4.78, 5) is 35.2. The zero-order valence-corrected chi connectivity index (χ0v) is 17.4. The second-order valence-corrected chi connectivity index (χ2v) is 8.89. The van der Waals surface area contributed by atoms with Crippen LogP contribution < -0.4 is 10.9 Å². The molecule has 2 aromatic carbocycles. The first-order valence-electron chi connectivity index (χ1n) is 8.99. The summed E-state index contributed by atoms with van der Waals surface area (Å²) in [6.07, 6.45) is 0. The molecule has 1 aromatic heterocycles. The van der Waals surface area contributed by atoms with Crippen molar-refractivity contribution in [3.63, 3.8) is 0 Å². The van der Waals surface area contributed by atoms with E-state index < -0.39 is 28.1 Å². The number of sulfonamides is 1. The van der Waals surface area contributed by atoms with Gasteiger partial charge in [-0.1, -0.05) is 12.1 Å². The minimum atomic E-state index is -3.91. The second kappa shape index (κ2) is 8.21. The Bertz CT molecular complexity index is 1290. The fourth-order valence-electron chi connectivity index (χ4n) is 2.93. The van der Waals surface area contributed by atoms with Gasteiger partial charge in [0.25, 0.3) is 0 Å². The van der Waals surface area contributed by atoms with Gasteiger partial charge in [-0.05, 0) is 43.7 Å². The molecule has 156 valence electrons. The van der Waals surface area contributed by atoms with Crippen molar-refractivity contribution in [2.75, 3.05) is 18.9 Å². The van der Waals surface area contributed by atoms with Gasteiger partial charge in [0.15, 0.2) is 5.78 Å². The van der Waals surface area contributed by atoms with Gasteiger partial charge in [0.2, 0.25) is 15.9 Å². The highest BCUT2D eigenvalue weighted by molar-refractivity contribution is 7.89. The lowest BCUT2D eigenvalue weighted by molar-refractivity contribution is -0.116. The first kappa shape index (κ1) is 21.4. The van der Waals surface area contributed by atoms with Gasteiger partial charge >= 0.3 is 5.63 Å². The molecule has 0 spiro atoms. The van der Waals surface area contributed by atoms with Crippen molar-refractivity contribution in [1.82, 2.24) is 4.31 Å². The molecular formula is C21H20N2O6S. The lowest BCUT2D eigenvalue weighted by Gasteiger charge is -2.17. The van der Waals surface area contributed by atoms with Gasteiger partial charge in [-0.25, -0.2) is 13.2 Å². The average Bonchev–Trinajstić information content (AvgIpc) is 2.67. The molecule has 1 amide bonds. The van der Waals surface area contributed by atoms with Crippen LogP contribution in [-0.4, -0.2) is 38.0 Å². The number of ketones is 1. The number of hydrogen-bond acceptors (Lipinski definition) is 6. The molecule has 0 unspecified atom stereocenters. The molecule has 3 rings (SSSR count). The normalized spacial score (nSPS) is 11.6. The number of Topliss-reactive ketones (excluding diaryl/α,β-unsaturated/α-hetero) is 1. The van der Waals surface area contributed by atoms with Gasteiger partial charge in [0.05, 0.1) is 11.4 Å². The number of benzene rings is 2. The highest BCUT2D eigenvalue weighted by atomic mass is 32.2. The average molecular weight is 428 g/mol. The maximum atomic E-state index is 12.7. The molecular weight excluding hydrogens is 408 g/mol. The van der Waals surface area contributed by atoms with Crippen molar-refractivity contribution >= 4 is 38.4 Å². The Hall–Kier alpha value is -3.30. The monoisotopic (exact) mass is 428 g/mol. The zero-order valence-electron chi connectivity index (χ0n) is 16.6. The number of anilines is 1. The minimum Gasteiger partial charge on any atom is -0.423 e. The molecule has 1 heterocycles. The van der Waals surface area contributed by atoms with Crippen molar-refractivity contribution in [3.8, 4) is 0 Å². The van der Waals surface area contributed by atoms with E-state index >= 15 is 0 Å². The summed E-state index contributed by atoms with van der Waals surface area (Å²) in [5, 5.41) is 3.34. The summed E-state index contributed by atoms with van der Waals surface area (Å²) in [5.74, 6) is -0.733. The maximum Gasteiger partial charge on any atom is 0.336 e. The van der Waals surface area contributed by atoms with E-state index in [-0.39, 0.29) is 10.7 Å². The molecule has 1 N–H and O–H groups in total. The van der Waals surface area contributed by atoms with E-state index in [0.29, 0.717) is 16.8 Å². The van der Waals surface area contributed by atoms with Crippen LogP contribution >= 0.6 is 0 Å². The molecule has 8 nitrogen and oxygen atoms in total. The lowest BCUT2D eigenvalue weighted by atomic mass is 10.1. The van der Waals surface area contributed by atoms with Gasteiger partial charge in [-0.15, -0.1) is 0 Å². The number of amides is 1. The van der Waals surface area contributed by atoms with E-state index in [0.717, 1.165) is 15.3 Å². The van der Waals surface area contributed by atoms with Crippen molar-refractivity contribution in [3.05, 3.63) is 70.1 Å². The summed E-state index contributed by atoms with van der Waals surface area (Å²) < 4.78 is 31.4. The third kappa shape index (κ3) is 4.47. The Morgan fingerprint density at radius 1 is 1.07 bits per heavy atom.